The summed E-state index contributed by atoms with van der Waals surface area (Å²) >= 11 is 0. The summed E-state index contributed by atoms with van der Waals surface area (Å²) in [4.78, 5) is 30.7. The van der Waals surface area contributed by atoms with Crippen molar-refractivity contribution in [1.82, 2.24) is 14.9 Å². The van der Waals surface area contributed by atoms with Crippen molar-refractivity contribution in [3.63, 3.8) is 0 Å². The van der Waals surface area contributed by atoms with Crippen LogP contribution in [0.25, 0.3) is 11.1 Å². The Balaban J connectivity index is 1.58. The zero-order chi connectivity index (χ0) is 20.2. The first kappa shape index (κ1) is 19.1. The number of aromatic nitrogens is 1. The molecule has 2 heterocycles. The molecule has 1 N–H and O–H groups in total. The lowest BCUT2D eigenvalue weighted by Crippen LogP contribution is -2.41. The zero-order valence-electron chi connectivity index (χ0n) is 16.0. The second-order valence-corrected chi connectivity index (χ2v) is 7.32. The number of carbonyl (C=O) groups is 2. The summed E-state index contributed by atoms with van der Waals surface area (Å²) in [5, 5.41) is 10.3. The van der Waals surface area contributed by atoms with Gasteiger partial charge >= 0.3 is 0 Å². The van der Waals surface area contributed by atoms with Gasteiger partial charge in [0, 0.05) is 6.54 Å². The normalized spacial score (nSPS) is 17.4. The Morgan fingerprint density at radius 3 is 2.76 bits per heavy atom. The zero-order valence-corrected chi connectivity index (χ0v) is 16.0. The van der Waals surface area contributed by atoms with Crippen LogP contribution in [0.5, 0.6) is 0 Å². The van der Waals surface area contributed by atoms with Gasteiger partial charge in [-0.2, -0.15) is 0 Å². The highest BCUT2D eigenvalue weighted by molar-refractivity contribution is 5.80. The fourth-order valence-electron chi connectivity index (χ4n) is 3.95. The molecule has 1 saturated heterocycles. The standard InChI is InChI=1S/C22H23N3O4/c26-15-24(28)14-17(13-16-7-2-1-3-8-16)22(27)25-12-6-10-19(25)21-23-18-9-4-5-11-20(18)29-21/h1-5,7-9,11,15,17,19,28H,6,10,12-14H2/t17-,19-/m0/s1. The number of rotatable bonds is 7. The highest BCUT2D eigenvalue weighted by Gasteiger charge is 2.37. The minimum Gasteiger partial charge on any atom is -0.438 e. The quantitative estimate of drug-likeness (QED) is 0.378. The van der Waals surface area contributed by atoms with Gasteiger partial charge in [-0.15, -0.1) is 0 Å². The summed E-state index contributed by atoms with van der Waals surface area (Å²) in [6, 6.07) is 16.9. The molecule has 0 aliphatic carbocycles. The second kappa shape index (κ2) is 8.45. The number of para-hydroxylation sites is 2. The molecule has 29 heavy (non-hydrogen) atoms. The molecule has 4 rings (SSSR count). The van der Waals surface area contributed by atoms with E-state index >= 15 is 0 Å². The number of hydrogen-bond acceptors (Lipinski definition) is 5. The van der Waals surface area contributed by atoms with Gasteiger partial charge in [0.1, 0.15) is 11.6 Å². The average molecular weight is 393 g/mol. The number of hydroxylamine groups is 2. The topological polar surface area (TPSA) is 86.9 Å². The Bertz CT molecular complexity index is 955. The van der Waals surface area contributed by atoms with Crippen molar-refractivity contribution in [2.75, 3.05) is 13.1 Å². The minimum absolute atomic E-state index is 0.0615. The summed E-state index contributed by atoms with van der Waals surface area (Å²) in [5.41, 5.74) is 2.44. The van der Waals surface area contributed by atoms with Crippen LogP contribution in [0, 0.1) is 5.92 Å². The van der Waals surface area contributed by atoms with E-state index in [9.17, 15) is 14.8 Å². The van der Waals surface area contributed by atoms with Crippen LogP contribution in [0.4, 0.5) is 0 Å². The maximum absolute atomic E-state index is 13.4. The van der Waals surface area contributed by atoms with Crippen molar-refractivity contribution in [3.8, 4) is 0 Å². The summed E-state index contributed by atoms with van der Waals surface area (Å²) < 4.78 is 5.91. The molecule has 1 aromatic heterocycles. The van der Waals surface area contributed by atoms with E-state index in [-0.39, 0.29) is 18.5 Å². The summed E-state index contributed by atoms with van der Waals surface area (Å²) in [7, 11) is 0. The maximum atomic E-state index is 13.4. The third kappa shape index (κ3) is 4.14. The second-order valence-electron chi connectivity index (χ2n) is 7.32. The number of likely N-dealkylation sites (tertiary alicyclic amines) is 1. The van der Waals surface area contributed by atoms with E-state index < -0.39 is 5.92 Å². The van der Waals surface area contributed by atoms with Gasteiger partial charge in [0.2, 0.25) is 18.2 Å². The van der Waals surface area contributed by atoms with Crippen LogP contribution in [0.1, 0.15) is 30.3 Å². The molecule has 0 unspecified atom stereocenters. The number of amides is 2. The molecule has 1 aliphatic heterocycles. The molecule has 0 radical (unpaired) electrons. The first-order valence-electron chi connectivity index (χ1n) is 9.76. The fraction of sp³-hybridized carbons (Fsp3) is 0.318. The van der Waals surface area contributed by atoms with E-state index in [0.717, 1.165) is 23.9 Å². The maximum Gasteiger partial charge on any atom is 0.233 e. The Kier molecular flexibility index (Phi) is 5.57. The minimum atomic E-state index is -0.558. The first-order chi connectivity index (χ1) is 14.2. The van der Waals surface area contributed by atoms with Crippen LogP contribution in [0.2, 0.25) is 0 Å². The molecule has 1 fully saturated rings. The van der Waals surface area contributed by atoms with E-state index in [1.165, 1.54) is 0 Å². The number of fused-ring (bicyclic) bond motifs is 1. The third-order valence-corrected chi connectivity index (χ3v) is 5.33. The van der Waals surface area contributed by atoms with Gasteiger partial charge in [-0.25, -0.2) is 10.0 Å². The molecule has 2 amide bonds. The molecule has 2 atom stereocenters. The van der Waals surface area contributed by atoms with Gasteiger partial charge in [0.05, 0.1) is 12.5 Å². The van der Waals surface area contributed by atoms with Gasteiger partial charge in [0.25, 0.3) is 0 Å². The lowest BCUT2D eigenvalue weighted by molar-refractivity contribution is -0.157. The van der Waals surface area contributed by atoms with Crippen molar-refractivity contribution < 1.29 is 19.2 Å². The lowest BCUT2D eigenvalue weighted by Gasteiger charge is -2.28. The van der Waals surface area contributed by atoms with Crippen LogP contribution in [0.15, 0.2) is 59.0 Å². The SMILES string of the molecule is O=CN(O)C[C@H](Cc1ccccc1)C(=O)N1CCC[C@H]1c1nc2ccccc2o1. The first-order valence-corrected chi connectivity index (χ1v) is 9.76. The highest BCUT2D eigenvalue weighted by atomic mass is 16.5. The predicted molar refractivity (Wildman–Crippen MR) is 106 cm³/mol. The summed E-state index contributed by atoms with van der Waals surface area (Å²) in [5.74, 6) is -0.135. The lowest BCUT2D eigenvalue weighted by atomic mass is 9.97. The van der Waals surface area contributed by atoms with Crippen LogP contribution in [0.3, 0.4) is 0 Å². The Hall–Kier alpha value is -3.19. The number of hydrogen-bond donors (Lipinski definition) is 1. The molecule has 0 bridgehead atoms. The van der Waals surface area contributed by atoms with Crippen LogP contribution in [-0.2, 0) is 16.0 Å². The fourth-order valence-corrected chi connectivity index (χ4v) is 3.95. The van der Waals surface area contributed by atoms with Gasteiger partial charge in [-0.1, -0.05) is 42.5 Å². The largest absolute Gasteiger partial charge is 0.438 e. The number of benzene rings is 2. The van der Waals surface area contributed by atoms with E-state index in [1.54, 1.807) is 4.90 Å². The van der Waals surface area contributed by atoms with Crippen molar-refractivity contribution in [2.45, 2.75) is 25.3 Å². The summed E-state index contributed by atoms with van der Waals surface area (Å²) in [6.07, 6.45) is 2.38. The van der Waals surface area contributed by atoms with Crippen LogP contribution < -0.4 is 0 Å². The van der Waals surface area contributed by atoms with Crippen LogP contribution >= 0.6 is 0 Å². The molecular weight excluding hydrogens is 370 g/mol. The van der Waals surface area contributed by atoms with E-state index in [4.69, 9.17) is 4.42 Å². The molecule has 2 aromatic carbocycles. The Labute approximate surface area is 168 Å². The summed E-state index contributed by atoms with van der Waals surface area (Å²) in [6.45, 7) is 0.536. The van der Waals surface area contributed by atoms with E-state index in [1.807, 2.05) is 54.6 Å². The predicted octanol–water partition coefficient (Wildman–Crippen LogP) is 3.20. The number of carbonyl (C=O) groups excluding carboxylic acids is 2. The van der Waals surface area contributed by atoms with Gasteiger partial charge in [0.15, 0.2) is 5.58 Å². The number of nitrogens with zero attached hydrogens (tertiary/aromatic N) is 3. The van der Waals surface area contributed by atoms with Gasteiger partial charge in [-0.05, 0) is 37.0 Å². The number of oxazole rings is 1. The molecule has 3 aromatic rings. The van der Waals surface area contributed by atoms with Crippen molar-refractivity contribution in [2.24, 2.45) is 5.92 Å². The highest BCUT2D eigenvalue weighted by Crippen LogP contribution is 2.34. The van der Waals surface area contributed by atoms with Crippen molar-refractivity contribution >= 4 is 23.4 Å². The molecule has 7 heteroatoms. The molecule has 7 nitrogen and oxygen atoms in total. The van der Waals surface area contributed by atoms with E-state index in [0.29, 0.717) is 35.9 Å². The van der Waals surface area contributed by atoms with Crippen LogP contribution in [-0.4, -0.2) is 45.6 Å². The third-order valence-electron chi connectivity index (χ3n) is 5.33. The Morgan fingerprint density at radius 2 is 2.00 bits per heavy atom. The van der Waals surface area contributed by atoms with Gasteiger partial charge < -0.3 is 9.32 Å². The van der Waals surface area contributed by atoms with Crippen molar-refractivity contribution in [3.05, 3.63) is 66.1 Å². The molecule has 0 saturated carbocycles. The smallest absolute Gasteiger partial charge is 0.233 e. The molecule has 0 spiro atoms. The van der Waals surface area contributed by atoms with Crippen molar-refractivity contribution in [1.29, 1.82) is 0 Å². The van der Waals surface area contributed by atoms with Gasteiger partial charge in [-0.3, -0.25) is 14.8 Å². The molecule has 150 valence electrons. The monoisotopic (exact) mass is 393 g/mol. The Morgan fingerprint density at radius 1 is 1.24 bits per heavy atom. The molecule has 1 aliphatic rings. The average Bonchev–Trinajstić information content (AvgIpc) is 3.40. The van der Waals surface area contributed by atoms with E-state index in [2.05, 4.69) is 4.98 Å². The molecular formula is C22H23N3O4.